The smallest absolute Gasteiger partial charge is 0.254 e. The van der Waals surface area contributed by atoms with Crippen molar-refractivity contribution in [3.8, 4) is 11.3 Å². The summed E-state index contributed by atoms with van der Waals surface area (Å²) in [5.41, 5.74) is 4.26. The molecule has 0 aliphatic rings. The van der Waals surface area contributed by atoms with Gasteiger partial charge in [-0.25, -0.2) is 18.4 Å². The van der Waals surface area contributed by atoms with E-state index in [-0.39, 0.29) is 18.5 Å². The van der Waals surface area contributed by atoms with Gasteiger partial charge in [0.1, 0.15) is 0 Å². The van der Waals surface area contributed by atoms with Crippen molar-refractivity contribution >= 4 is 16.9 Å². The summed E-state index contributed by atoms with van der Waals surface area (Å²) >= 11 is 0. The summed E-state index contributed by atoms with van der Waals surface area (Å²) in [5, 5.41) is 5.10. The third kappa shape index (κ3) is 3.98. The van der Waals surface area contributed by atoms with Crippen LogP contribution in [0, 0.1) is 18.6 Å². The topological polar surface area (TPSA) is 51.0 Å². The third-order valence-electron chi connectivity index (χ3n) is 5.46. The first kappa shape index (κ1) is 21.6. The number of rotatable bonds is 5. The van der Waals surface area contributed by atoms with Gasteiger partial charge in [-0.3, -0.25) is 4.79 Å². The Morgan fingerprint density at radius 3 is 2.53 bits per heavy atom. The van der Waals surface area contributed by atoms with Gasteiger partial charge in [0.05, 0.1) is 22.8 Å². The van der Waals surface area contributed by atoms with Gasteiger partial charge < -0.3 is 4.90 Å². The van der Waals surface area contributed by atoms with Crippen LogP contribution < -0.4 is 0 Å². The van der Waals surface area contributed by atoms with E-state index < -0.39 is 11.6 Å². The molecular formula is C25H24F2N4O. The maximum atomic E-state index is 13.6. The second kappa shape index (κ2) is 8.49. The Bertz CT molecular complexity index is 1310. The molecule has 0 atom stereocenters. The zero-order chi connectivity index (χ0) is 23.0. The molecule has 164 valence electrons. The van der Waals surface area contributed by atoms with Crippen LogP contribution in [-0.4, -0.2) is 32.6 Å². The summed E-state index contributed by atoms with van der Waals surface area (Å²) in [7, 11) is 1.64. The fraction of sp³-hybridized carbons (Fsp3) is 0.240. The average molecular weight is 434 g/mol. The summed E-state index contributed by atoms with van der Waals surface area (Å²) < 4.78 is 28.7. The van der Waals surface area contributed by atoms with E-state index >= 15 is 0 Å². The van der Waals surface area contributed by atoms with E-state index in [0.29, 0.717) is 27.9 Å². The van der Waals surface area contributed by atoms with Crippen molar-refractivity contribution in [3.63, 3.8) is 0 Å². The Morgan fingerprint density at radius 2 is 1.84 bits per heavy atom. The molecule has 0 fully saturated rings. The first-order valence-electron chi connectivity index (χ1n) is 10.4. The second-order valence-corrected chi connectivity index (χ2v) is 8.20. The highest BCUT2D eigenvalue weighted by Crippen LogP contribution is 2.29. The minimum atomic E-state index is -0.935. The Hall–Kier alpha value is -3.61. The largest absolute Gasteiger partial charge is 0.337 e. The molecule has 0 aliphatic heterocycles. The number of hydrogen-bond acceptors (Lipinski definition) is 3. The maximum Gasteiger partial charge on any atom is 0.254 e. The number of amides is 1. The number of halogens is 2. The number of hydrogen-bond donors (Lipinski definition) is 0. The molecule has 0 saturated heterocycles. The summed E-state index contributed by atoms with van der Waals surface area (Å²) in [4.78, 5) is 19.8. The summed E-state index contributed by atoms with van der Waals surface area (Å²) in [6.45, 7) is 6.14. The molecular weight excluding hydrogens is 410 g/mol. The van der Waals surface area contributed by atoms with Gasteiger partial charge in [0.25, 0.3) is 5.91 Å². The van der Waals surface area contributed by atoms with Crippen molar-refractivity contribution < 1.29 is 13.6 Å². The van der Waals surface area contributed by atoms with Gasteiger partial charge in [0.15, 0.2) is 17.3 Å². The Labute approximate surface area is 185 Å². The predicted octanol–water partition coefficient (Wildman–Crippen LogP) is 5.54. The molecule has 4 rings (SSSR count). The van der Waals surface area contributed by atoms with Crippen LogP contribution >= 0.6 is 0 Å². The lowest BCUT2D eigenvalue weighted by molar-refractivity contribution is 0.0787. The fourth-order valence-electron chi connectivity index (χ4n) is 3.76. The predicted molar refractivity (Wildman–Crippen MR) is 120 cm³/mol. The number of fused-ring (bicyclic) bond motifs is 1. The number of benzene rings is 2. The lowest BCUT2D eigenvalue weighted by atomic mass is 10.0. The van der Waals surface area contributed by atoms with E-state index in [2.05, 4.69) is 5.10 Å². The summed E-state index contributed by atoms with van der Waals surface area (Å²) in [6.07, 6.45) is 1.66. The standard InChI is InChI=1S/C25H24F2N4O/c1-15(2)31-24-20(13-28-31)19(12-23(29-24)18-8-6-5-7-16(18)3)25(32)30(4)14-17-9-10-21(26)22(27)11-17/h5-13,15H,14H2,1-4H3. The lowest BCUT2D eigenvalue weighted by Crippen LogP contribution is -2.26. The van der Waals surface area contributed by atoms with Gasteiger partial charge in [0.2, 0.25) is 0 Å². The quantitative estimate of drug-likeness (QED) is 0.415. The van der Waals surface area contributed by atoms with Gasteiger partial charge in [-0.15, -0.1) is 0 Å². The molecule has 0 radical (unpaired) electrons. The highest BCUT2D eigenvalue weighted by molar-refractivity contribution is 6.06. The van der Waals surface area contributed by atoms with Crippen molar-refractivity contribution in [2.24, 2.45) is 0 Å². The number of pyridine rings is 1. The summed E-state index contributed by atoms with van der Waals surface area (Å²) in [6, 6.07) is 13.3. The van der Waals surface area contributed by atoms with Gasteiger partial charge in [-0.1, -0.05) is 30.3 Å². The molecule has 0 saturated carbocycles. The minimum absolute atomic E-state index is 0.0648. The van der Waals surface area contributed by atoms with Crippen LogP contribution in [0.25, 0.3) is 22.3 Å². The average Bonchev–Trinajstić information content (AvgIpc) is 3.20. The summed E-state index contributed by atoms with van der Waals surface area (Å²) in [5.74, 6) is -2.10. The number of aromatic nitrogens is 3. The SMILES string of the molecule is Cc1ccccc1-c1cc(C(=O)N(C)Cc2ccc(F)c(F)c2)c2cnn(C(C)C)c2n1. The molecule has 2 aromatic heterocycles. The highest BCUT2D eigenvalue weighted by Gasteiger charge is 2.21. The van der Waals surface area contributed by atoms with Crippen molar-refractivity contribution in [2.75, 3.05) is 7.05 Å². The van der Waals surface area contributed by atoms with Crippen LogP contribution in [-0.2, 0) is 6.54 Å². The molecule has 0 spiro atoms. The van der Waals surface area contributed by atoms with Gasteiger partial charge >= 0.3 is 0 Å². The van der Waals surface area contributed by atoms with Gasteiger partial charge in [-0.05, 0) is 50.1 Å². The fourth-order valence-corrected chi connectivity index (χ4v) is 3.76. The van der Waals surface area contributed by atoms with Crippen LogP contribution in [0.4, 0.5) is 8.78 Å². The van der Waals surface area contributed by atoms with Gasteiger partial charge in [-0.2, -0.15) is 5.10 Å². The Kier molecular flexibility index (Phi) is 5.74. The Balaban J connectivity index is 1.80. The number of carbonyl (C=O) groups is 1. The van der Waals surface area contributed by atoms with E-state index in [1.165, 1.54) is 11.0 Å². The van der Waals surface area contributed by atoms with E-state index in [9.17, 15) is 13.6 Å². The van der Waals surface area contributed by atoms with Crippen molar-refractivity contribution in [1.82, 2.24) is 19.7 Å². The molecule has 2 heterocycles. The zero-order valence-electron chi connectivity index (χ0n) is 18.4. The molecule has 0 unspecified atom stereocenters. The highest BCUT2D eigenvalue weighted by atomic mass is 19.2. The molecule has 32 heavy (non-hydrogen) atoms. The van der Waals surface area contributed by atoms with E-state index in [4.69, 9.17) is 4.98 Å². The zero-order valence-corrected chi connectivity index (χ0v) is 18.4. The molecule has 1 amide bonds. The van der Waals surface area contributed by atoms with E-state index in [0.717, 1.165) is 23.3 Å². The monoisotopic (exact) mass is 434 g/mol. The van der Waals surface area contributed by atoms with Crippen molar-refractivity contribution in [2.45, 2.75) is 33.4 Å². The van der Waals surface area contributed by atoms with Crippen LogP contribution in [0.1, 0.15) is 41.4 Å². The normalized spacial score (nSPS) is 11.3. The molecule has 5 nitrogen and oxygen atoms in total. The van der Waals surface area contributed by atoms with Gasteiger partial charge in [0, 0.05) is 25.2 Å². The molecule has 4 aromatic rings. The first-order chi connectivity index (χ1) is 15.3. The van der Waals surface area contributed by atoms with Crippen LogP contribution in [0.5, 0.6) is 0 Å². The van der Waals surface area contributed by atoms with Crippen LogP contribution in [0.15, 0.2) is 54.7 Å². The molecule has 7 heteroatoms. The van der Waals surface area contributed by atoms with E-state index in [1.54, 1.807) is 24.0 Å². The molecule has 0 bridgehead atoms. The molecule has 2 aromatic carbocycles. The van der Waals surface area contributed by atoms with Crippen LogP contribution in [0.2, 0.25) is 0 Å². The number of carbonyl (C=O) groups excluding carboxylic acids is 1. The first-order valence-corrected chi connectivity index (χ1v) is 10.4. The van der Waals surface area contributed by atoms with E-state index in [1.807, 2.05) is 45.0 Å². The maximum absolute atomic E-state index is 13.6. The lowest BCUT2D eigenvalue weighted by Gasteiger charge is -2.19. The Morgan fingerprint density at radius 1 is 1.09 bits per heavy atom. The number of nitrogens with zero attached hydrogens (tertiary/aromatic N) is 4. The molecule has 0 aliphatic carbocycles. The minimum Gasteiger partial charge on any atom is -0.337 e. The third-order valence-corrected chi connectivity index (χ3v) is 5.46. The molecule has 0 N–H and O–H groups in total. The number of aryl methyl sites for hydroxylation is 1. The van der Waals surface area contributed by atoms with Crippen molar-refractivity contribution in [1.29, 1.82) is 0 Å². The van der Waals surface area contributed by atoms with Crippen LogP contribution in [0.3, 0.4) is 0 Å². The second-order valence-electron chi connectivity index (χ2n) is 8.20. The van der Waals surface area contributed by atoms with Crippen molar-refractivity contribution in [3.05, 3.63) is 83.1 Å².